The highest BCUT2D eigenvalue weighted by Gasteiger charge is 2.24. The molecule has 3 rings (SSSR count). The van der Waals surface area contributed by atoms with Gasteiger partial charge in [-0.2, -0.15) is 0 Å². The van der Waals surface area contributed by atoms with Crippen LogP contribution in [0.4, 0.5) is 0 Å². The average Bonchev–Trinajstić information content (AvgIpc) is 2.61. The van der Waals surface area contributed by atoms with Gasteiger partial charge in [-0.05, 0) is 32.0 Å². The zero-order valence-corrected chi connectivity index (χ0v) is 14.5. The van der Waals surface area contributed by atoms with Crippen molar-refractivity contribution < 1.29 is 9.59 Å². The van der Waals surface area contributed by atoms with E-state index >= 15 is 0 Å². The minimum Gasteiger partial charge on any atom is -0.338 e. The fourth-order valence-corrected chi connectivity index (χ4v) is 2.96. The second-order valence-electron chi connectivity index (χ2n) is 5.90. The molecule has 0 saturated carbocycles. The van der Waals surface area contributed by atoms with Crippen LogP contribution in [0.1, 0.15) is 21.7 Å². The predicted molar refractivity (Wildman–Crippen MR) is 92.2 cm³/mol. The molecule has 7 heteroatoms. The van der Waals surface area contributed by atoms with Gasteiger partial charge in [0.2, 0.25) is 5.91 Å². The van der Waals surface area contributed by atoms with Crippen molar-refractivity contribution >= 4 is 34.4 Å². The third-order valence-corrected chi connectivity index (χ3v) is 4.58. The quantitative estimate of drug-likeness (QED) is 0.777. The van der Waals surface area contributed by atoms with Crippen LogP contribution in [-0.2, 0) is 4.79 Å². The number of hydrogen-bond donors (Lipinski definition) is 0. The molecule has 1 aliphatic rings. The maximum Gasteiger partial charge on any atom is 0.254 e. The molecule has 0 unspecified atom stereocenters. The van der Waals surface area contributed by atoms with E-state index in [0.717, 1.165) is 22.4 Å². The van der Waals surface area contributed by atoms with E-state index < -0.39 is 0 Å². The van der Waals surface area contributed by atoms with E-state index in [1.165, 1.54) is 0 Å². The second-order valence-corrected chi connectivity index (χ2v) is 6.17. The third-order valence-electron chi connectivity index (χ3n) is 4.36. The number of aromatic nitrogens is 2. The molecule has 0 aliphatic carbocycles. The average molecular weight is 347 g/mol. The number of nitrogens with zero attached hydrogens (tertiary/aromatic N) is 4. The van der Waals surface area contributed by atoms with Gasteiger partial charge in [0.25, 0.3) is 5.91 Å². The van der Waals surface area contributed by atoms with Crippen molar-refractivity contribution in [3.8, 4) is 0 Å². The van der Waals surface area contributed by atoms with Gasteiger partial charge in [0, 0.05) is 31.7 Å². The summed E-state index contributed by atoms with van der Waals surface area (Å²) in [7, 11) is 0. The first kappa shape index (κ1) is 16.6. The lowest BCUT2D eigenvalue weighted by molar-refractivity contribution is -0.129. The van der Waals surface area contributed by atoms with Crippen molar-refractivity contribution in [2.45, 2.75) is 13.8 Å². The van der Waals surface area contributed by atoms with Gasteiger partial charge in [-0.3, -0.25) is 9.59 Å². The Balaban J connectivity index is 1.77. The van der Waals surface area contributed by atoms with Crippen LogP contribution in [0.25, 0.3) is 11.0 Å². The van der Waals surface area contributed by atoms with Crippen molar-refractivity contribution in [2.75, 3.05) is 32.1 Å². The minimum absolute atomic E-state index is 0.0178. The number of alkyl halides is 1. The number of benzene rings is 1. The van der Waals surface area contributed by atoms with Crippen molar-refractivity contribution in [1.29, 1.82) is 0 Å². The zero-order chi connectivity index (χ0) is 17.3. The first-order valence-electron chi connectivity index (χ1n) is 7.87. The zero-order valence-electron chi connectivity index (χ0n) is 13.8. The van der Waals surface area contributed by atoms with Gasteiger partial charge in [-0.25, -0.2) is 9.97 Å². The minimum atomic E-state index is -0.0874. The highest BCUT2D eigenvalue weighted by atomic mass is 35.5. The van der Waals surface area contributed by atoms with E-state index in [2.05, 4.69) is 9.97 Å². The van der Waals surface area contributed by atoms with Gasteiger partial charge in [0.15, 0.2) is 0 Å². The Hall–Kier alpha value is -2.21. The fourth-order valence-electron chi connectivity index (χ4n) is 2.79. The molecule has 24 heavy (non-hydrogen) atoms. The third kappa shape index (κ3) is 3.19. The SMILES string of the molecule is Cc1nc2ccc(C(=O)N3CCN(C(=O)CCl)CC3)cc2nc1C. The van der Waals surface area contributed by atoms with E-state index in [9.17, 15) is 9.59 Å². The molecule has 1 saturated heterocycles. The fraction of sp³-hybridized carbons (Fsp3) is 0.412. The molecule has 1 fully saturated rings. The Labute approximate surface area is 145 Å². The molecule has 0 atom stereocenters. The van der Waals surface area contributed by atoms with Gasteiger partial charge < -0.3 is 9.80 Å². The Morgan fingerprint density at radius 1 is 1.00 bits per heavy atom. The van der Waals surface area contributed by atoms with E-state index in [4.69, 9.17) is 11.6 Å². The normalized spacial score (nSPS) is 15.0. The summed E-state index contributed by atoms with van der Waals surface area (Å²) >= 11 is 5.57. The molecule has 126 valence electrons. The van der Waals surface area contributed by atoms with Crippen molar-refractivity contribution in [1.82, 2.24) is 19.8 Å². The number of fused-ring (bicyclic) bond motifs is 1. The molecule has 0 bridgehead atoms. The molecule has 1 aromatic heterocycles. The van der Waals surface area contributed by atoms with Gasteiger partial charge in [0.1, 0.15) is 5.88 Å². The number of carbonyl (C=O) groups excluding carboxylic acids is 2. The molecule has 0 radical (unpaired) electrons. The lowest BCUT2D eigenvalue weighted by Gasteiger charge is -2.34. The number of aryl methyl sites for hydroxylation is 2. The van der Waals surface area contributed by atoms with Crippen molar-refractivity contribution in [2.24, 2.45) is 0 Å². The summed E-state index contributed by atoms with van der Waals surface area (Å²) in [5.74, 6) is -0.152. The van der Waals surface area contributed by atoms with Crippen LogP contribution in [0.5, 0.6) is 0 Å². The molecule has 1 aromatic carbocycles. The maximum atomic E-state index is 12.7. The molecule has 2 aromatic rings. The van der Waals surface area contributed by atoms with E-state index in [-0.39, 0.29) is 17.7 Å². The molecule has 1 aliphatic heterocycles. The summed E-state index contributed by atoms with van der Waals surface area (Å²) in [4.78, 5) is 36.7. The number of piperazine rings is 1. The Morgan fingerprint density at radius 3 is 2.21 bits per heavy atom. The first-order chi connectivity index (χ1) is 11.5. The molecular formula is C17H19ClN4O2. The van der Waals surface area contributed by atoms with Crippen molar-refractivity contribution in [3.63, 3.8) is 0 Å². The van der Waals surface area contributed by atoms with Crippen LogP contribution in [0.3, 0.4) is 0 Å². The van der Waals surface area contributed by atoms with Gasteiger partial charge in [0.05, 0.1) is 22.4 Å². The number of halogens is 1. The van der Waals surface area contributed by atoms with Crippen LogP contribution >= 0.6 is 11.6 Å². The summed E-state index contributed by atoms with van der Waals surface area (Å²) in [5, 5.41) is 0. The highest BCUT2D eigenvalue weighted by Crippen LogP contribution is 2.16. The second kappa shape index (κ2) is 6.73. The van der Waals surface area contributed by atoms with Crippen LogP contribution in [0.15, 0.2) is 18.2 Å². The highest BCUT2D eigenvalue weighted by molar-refractivity contribution is 6.27. The monoisotopic (exact) mass is 346 g/mol. The molecule has 0 spiro atoms. The Bertz CT molecular complexity index is 801. The van der Waals surface area contributed by atoms with Crippen LogP contribution in [0, 0.1) is 13.8 Å². The summed E-state index contributed by atoms with van der Waals surface area (Å²) in [6, 6.07) is 5.40. The number of carbonyl (C=O) groups is 2. The lowest BCUT2D eigenvalue weighted by atomic mass is 10.1. The smallest absolute Gasteiger partial charge is 0.254 e. The standard InChI is InChI=1S/C17H19ClN4O2/c1-11-12(2)20-15-9-13(3-4-14(15)19-11)17(24)22-7-5-21(6-8-22)16(23)10-18/h3-4,9H,5-8,10H2,1-2H3. The lowest BCUT2D eigenvalue weighted by Crippen LogP contribution is -2.50. The largest absolute Gasteiger partial charge is 0.338 e. The van der Waals surface area contributed by atoms with Crippen LogP contribution in [-0.4, -0.2) is 63.6 Å². The number of hydrogen-bond acceptors (Lipinski definition) is 4. The Kier molecular flexibility index (Phi) is 4.66. The van der Waals surface area contributed by atoms with Crippen LogP contribution < -0.4 is 0 Å². The Morgan fingerprint density at radius 2 is 1.58 bits per heavy atom. The summed E-state index contributed by atoms with van der Waals surface area (Å²) in [6.07, 6.45) is 0. The van der Waals surface area contributed by atoms with E-state index in [1.807, 2.05) is 19.9 Å². The van der Waals surface area contributed by atoms with Gasteiger partial charge >= 0.3 is 0 Å². The topological polar surface area (TPSA) is 66.4 Å². The van der Waals surface area contributed by atoms with Gasteiger partial charge in [-0.1, -0.05) is 0 Å². The maximum absolute atomic E-state index is 12.7. The predicted octanol–water partition coefficient (Wildman–Crippen LogP) is 1.77. The van der Waals surface area contributed by atoms with Crippen LogP contribution in [0.2, 0.25) is 0 Å². The molecule has 6 nitrogen and oxygen atoms in total. The summed E-state index contributed by atoms with van der Waals surface area (Å²) in [6.45, 7) is 5.88. The van der Waals surface area contributed by atoms with Gasteiger partial charge in [-0.15, -0.1) is 11.6 Å². The summed E-state index contributed by atoms with van der Waals surface area (Å²) < 4.78 is 0. The molecule has 0 N–H and O–H groups in total. The number of rotatable bonds is 2. The van der Waals surface area contributed by atoms with E-state index in [1.54, 1.807) is 21.9 Å². The van der Waals surface area contributed by atoms with Crippen molar-refractivity contribution in [3.05, 3.63) is 35.2 Å². The number of amides is 2. The van der Waals surface area contributed by atoms with E-state index in [0.29, 0.717) is 31.7 Å². The molecule has 2 amide bonds. The first-order valence-corrected chi connectivity index (χ1v) is 8.41. The molecular weight excluding hydrogens is 328 g/mol. The summed E-state index contributed by atoms with van der Waals surface area (Å²) in [5.41, 5.74) is 3.85. The molecule has 2 heterocycles.